The number of amides is 1. The van der Waals surface area contributed by atoms with Crippen molar-refractivity contribution in [3.8, 4) is 0 Å². The van der Waals surface area contributed by atoms with E-state index in [2.05, 4.69) is 10.2 Å². The van der Waals surface area contributed by atoms with Crippen LogP contribution in [0.25, 0.3) is 0 Å². The summed E-state index contributed by atoms with van der Waals surface area (Å²) >= 11 is 0. The number of hydrogen-bond donors (Lipinski definition) is 1. The van der Waals surface area contributed by atoms with Gasteiger partial charge >= 0.3 is 0 Å². The van der Waals surface area contributed by atoms with Gasteiger partial charge < -0.3 is 10.1 Å². The van der Waals surface area contributed by atoms with Crippen LogP contribution < -0.4 is 5.32 Å². The predicted molar refractivity (Wildman–Crippen MR) is 110 cm³/mol. The first-order valence-corrected chi connectivity index (χ1v) is 11.4. The number of morpholine rings is 1. The number of benzene rings is 1. The zero-order chi connectivity index (χ0) is 19.8. The molecule has 1 atom stereocenters. The van der Waals surface area contributed by atoms with Crippen molar-refractivity contribution >= 4 is 5.91 Å². The van der Waals surface area contributed by atoms with E-state index in [4.69, 9.17) is 4.74 Å². The van der Waals surface area contributed by atoms with Crippen LogP contribution in [-0.2, 0) is 9.53 Å². The van der Waals surface area contributed by atoms with Crippen LogP contribution in [0.4, 0.5) is 4.39 Å². The van der Waals surface area contributed by atoms with Crippen molar-refractivity contribution < 1.29 is 13.9 Å². The summed E-state index contributed by atoms with van der Waals surface area (Å²) in [7, 11) is 0. The van der Waals surface area contributed by atoms with Gasteiger partial charge in [0.25, 0.3) is 0 Å². The minimum atomic E-state index is -0.222. The molecule has 1 heterocycles. The van der Waals surface area contributed by atoms with Crippen molar-refractivity contribution in [1.29, 1.82) is 0 Å². The Morgan fingerprint density at radius 2 is 1.66 bits per heavy atom. The molecule has 1 aromatic rings. The molecule has 4 saturated carbocycles. The Kier molecular flexibility index (Phi) is 5.37. The third kappa shape index (κ3) is 4.22. The van der Waals surface area contributed by atoms with Crippen molar-refractivity contribution in [3.05, 3.63) is 35.6 Å². The minimum Gasteiger partial charge on any atom is -0.379 e. The number of carbonyl (C=O) groups excluding carboxylic acids is 1. The highest BCUT2D eigenvalue weighted by atomic mass is 19.1. The lowest BCUT2D eigenvalue weighted by molar-refractivity contribution is -0.129. The smallest absolute Gasteiger partial charge is 0.220 e. The molecule has 158 valence electrons. The molecule has 0 spiro atoms. The van der Waals surface area contributed by atoms with Crippen molar-refractivity contribution in [2.45, 2.75) is 51.0 Å². The summed E-state index contributed by atoms with van der Waals surface area (Å²) in [5, 5.41) is 3.25. The average molecular weight is 401 g/mol. The van der Waals surface area contributed by atoms with E-state index in [0.717, 1.165) is 36.4 Å². The van der Waals surface area contributed by atoms with E-state index < -0.39 is 0 Å². The molecule has 0 unspecified atom stereocenters. The second-order valence-electron chi connectivity index (χ2n) is 10.1. The number of halogens is 1. The average Bonchev–Trinajstić information content (AvgIpc) is 2.69. The fourth-order valence-electron chi connectivity index (χ4n) is 7.15. The van der Waals surface area contributed by atoms with Crippen molar-refractivity contribution in [2.75, 3.05) is 32.8 Å². The molecule has 0 aromatic heterocycles. The molecule has 1 amide bonds. The molecular formula is C24H33FN2O2. The summed E-state index contributed by atoms with van der Waals surface area (Å²) in [5.41, 5.74) is 1.33. The summed E-state index contributed by atoms with van der Waals surface area (Å²) in [5.74, 6) is 2.59. The van der Waals surface area contributed by atoms with Crippen LogP contribution in [0.3, 0.4) is 0 Å². The van der Waals surface area contributed by atoms with Gasteiger partial charge in [-0.05, 0) is 79.4 Å². The van der Waals surface area contributed by atoms with Crippen molar-refractivity contribution in [2.24, 2.45) is 23.2 Å². The zero-order valence-electron chi connectivity index (χ0n) is 17.2. The predicted octanol–water partition coefficient (Wildman–Crippen LogP) is 3.92. The van der Waals surface area contributed by atoms with Crippen LogP contribution >= 0.6 is 0 Å². The highest BCUT2D eigenvalue weighted by Crippen LogP contribution is 2.61. The number of ether oxygens (including phenoxy) is 1. The van der Waals surface area contributed by atoms with Gasteiger partial charge in [0.1, 0.15) is 5.82 Å². The van der Waals surface area contributed by atoms with E-state index in [-0.39, 0.29) is 23.2 Å². The van der Waals surface area contributed by atoms with Crippen LogP contribution in [0.1, 0.15) is 56.6 Å². The van der Waals surface area contributed by atoms with Crippen molar-refractivity contribution in [3.63, 3.8) is 0 Å². The molecule has 1 N–H and O–H groups in total. The van der Waals surface area contributed by atoms with Crippen LogP contribution in [0.15, 0.2) is 24.3 Å². The first-order valence-electron chi connectivity index (χ1n) is 11.4. The standard InChI is InChI=1S/C24H33FN2O2/c25-21-3-1-20(2-4-21)22(27-5-7-29-8-6-27)16-26-23(28)15-24-12-17-9-18(13-24)11-19(10-17)14-24/h1-4,17-19,22H,5-16H2,(H,26,28)/t17?,18?,19?,22-,24?/m0/s1. The Labute approximate surface area is 173 Å². The van der Waals surface area contributed by atoms with Crippen LogP contribution in [-0.4, -0.2) is 43.7 Å². The van der Waals surface area contributed by atoms with Gasteiger partial charge in [0.05, 0.1) is 19.3 Å². The van der Waals surface area contributed by atoms with Gasteiger partial charge in [-0.1, -0.05) is 12.1 Å². The summed E-state index contributed by atoms with van der Waals surface area (Å²) in [6.07, 6.45) is 8.70. The number of nitrogens with one attached hydrogen (secondary N) is 1. The number of carbonyl (C=O) groups is 1. The Hall–Kier alpha value is -1.46. The van der Waals surface area contributed by atoms with Gasteiger partial charge in [-0.25, -0.2) is 4.39 Å². The van der Waals surface area contributed by atoms with E-state index >= 15 is 0 Å². The van der Waals surface area contributed by atoms with E-state index in [1.807, 2.05) is 12.1 Å². The molecule has 1 aromatic carbocycles. The fourth-order valence-corrected chi connectivity index (χ4v) is 7.15. The fraction of sp³-hybridized carbons (Fsp3) is 0.708. The summed E-state index contributed by atoms with van der Waals surface area (Å²) in [6, 6.07) is 6.79. The second-order valence-corrected chi connectivity index (χ2v) is 10.1. The molecular weight excluding hydrogens is 367 g/mol. The molecule has 0 radical (unpaired) electrons. The molecule has 29 heavy (non-hydrogen) atoms. The molecule has 5 heteroatoms. The lowest BCUT2D eigenvalue weighted by atomic mass is 9.49. The number of rotatable bonds is 6. The summed E-state index contributed by atoms with van der Waals surface area (Å²) < 4.78 is 18.9. The van der Waals surface area contributed by atoms with E-state index in [1.54, 1.807) is 0 Å². The summed E-state index contributed by atoms with van der Waals surface area (Å²) in [6.45, 7) is 3.68. The maximum Gasteiger partial charge on any atom is 0.220 e. The Morgan fingerprint density at radius 1 is 1.07 bits per heavy atom. The SMILES string of the molecule is O=C(CC12CC3CC(CC(C3)C1)C2)NC[C@@H](c1ccc(F)cc1)N1CCOCC1. The molecule has 6 rings (SSSR count). The van der Waals surface area contributed by atoms with Gasteiger partial charge in [0, 0.05) is 26.1 Å². The molecule has 4 bridgehead atoms. The molecule has 4 nitrogen and oxygen atoms in total. The quantitative estimate of drug-likeness (QED) is 0.787. The van der Waals surface area contributed by atoms with Gasteiger partial charge in [-0.15, -0.1) is 0 Å². The van der Waals surface area contributed by atoms with E-state index in [9.17, 15) is 9.18 Å². The molecule has 5 fully saturated rings. The normalized spacial score (nSPS) is 34.9. The molecule has 1 aliphatic heterocycles. The number of hydrogen-bond acceptors (Lipinski definition) is 3. The third-order valence-corrected chi connectivity index (χ3v) is 7.93. The van der Waals surface area contributed by atoms with E-state index in [0.29, 0.717) is 26.2 Å². The second kappa shape index (κ2) is 7.99. The summed E-state index contributed by atoms with van der Waals surface area (Å²) in [4.78, 5) is 15.3. The Bertz CT molecular complexity index is 694. The van der Waals surface area contributed by atoms with Gasteiger partial charge in [-0.3, -0.25) is 9.69 Å². The molecule has 4 aliphatic carbocycles. The zero-order valence-corrected chi connectivity index (χ0v) is 17.2. The topological polar surface area (TPSA) is 41.6 Å². The molecule has 1 saturated heterocycles. The highest BCUT2D eigenvalue weighted by Gasteiger charge is 2.51. The van der Waals surface area contributed by atoms with Gasteiger partial charge in [0.2, 0.25) is 5.91 Å². The van der Waals surface area contributed by atoms with Crippen LogP contribution in [0, 0.1) is 29.0 Å². The maximum atomic E-state index is 13.4. The first-order chi connectivity index (χ1) is 14.1. The van der Waals surface area contributed by atoms with Crippen LogP contribution in [0.5, 0.6) is 0 Å². The Balaban J connectivity index is 1.23. The first kappa shape index (κ1) is 19.5. The number of nitrogens with zero attached hydrogens (tertiary/aromatic N) is 1. The minimum absolute atomic E-state index is 0.0693. The lowest BCUT2D eigenvalue weighted by Gasteiger charge is -2.56. The maximum absolute atomic E-state index is 13.4. The largest absolute Gasteiger partial charge is 0.379 e. The van der Waals surface area contributed by atoms with Crippen molar-refractivity contribution in [1.82, 2.24) is 10.2 Å². The van der Waals surface area contributed by atoms with E-state index in [1.165, 1.54) is 50.7 Å². The van der Waals surface area contributed by atoms with Crippen LogP contribution in [0.2, 0.25) is 0 Å². The Morgan fingerprint density at radius 3 is 2.24 bits per heavy atom. The lowest BCUT2D eigenvalue weighted by Crippen LogP contribution is -2.49. The monoisotopic (exact) mass is 400 g/mol. The highest BCUT2D eigenvalue weighted by molar-refractivity contribution is 5.76. The van der Waals surface area contributed by atoms with Gasteiger partial charge in [-0.2, -0.15) is 0 Å². The molecule has 5 aliphatic rings. The van der Waals surface area contributed by atoms with Gasteiger partial charge in [0.15, 0.2) is 0 Å². The third-order valence-electron chi connectivity index (χ3n) is 7.93.